The normalized spacial score (nSPS) is 31.8. The van der Waals surface area contributed by atoms with Gasteiger partial charge in [0.25, 0.3) is 0 Å². The zero-order valence-electron chi connectivity index (χ0n) is 15.7. The van der Waals surface area contributed by atoms with Gasteiger partial charge in [-0.25, -0.2) is 4.79 Å². The van der Waals surface area contributed by atoms with Crippen molar-refractivity contribution in [2.75, 3.05) is 20.2 Å². The Kier molecular flexibility index (Phi) is 4.20. The minimum atomic E-state index is -0.417. The number of ether oxygens (including phenoxy) is 1. The first-order valence-electron chi connectivity index (χ1n) is 9.62. The fourth-order valence-electron chi connectivity index (χ4n) is 5.28. The third kappa shape index (κ3) is 3.08. The van der Waals surface area contributed by atoms with Crippen molar-refractivity contribution in [2.24, 2.45) is 11.3 Å². The summed E-state index contributed by atoms with van der Waals surface area (Å²) in [7, 11) is 1.36. The summed E-state index contributed by atoms with van der Waals surface area (Å²) in [6.07, 6.45) is 4.65. The second-order valence-corrected chi connectivity index (χ2v) is 8.83. The number of carbonyl (C=O) groups is 2. The maximum Gasteiger partial charge on any atom is 0.407 e. The van der Waals surface area contributed by atoms with Gasteiger partial charge in [-0.05, 0) is 50.5 Å². The van der Waals surface area contributed by atoms with E-state index in [4.69, 9.17) is 0 Å². The van der Waals surface area contributed by atoms with Crippen molar-refractivity contribution in [2.45, 2.75) is 50.5 Å². The number of nitrogens with zero attached hydrogens (tertiary/aromatic N) is 1. The summed E-state index contributed by atoms with van der Waals surface area (Å²) in [5.41, 5.74) is 1.48. The summed E-state index contributed by atoms with van der Waals surface area (Å²) in [6.45, 7) is 3.80. The molecule has 26 heavy (non-hydrogen) atoms. The maximum atomic E-state index is 12.7. The quantitative estimate of drug-likeness (QED) is 0.904. The van der Waals surface area contributed by atoms with Crippen molar-refractivity contribution in [3.05, 3.63) is 35.9 Å². The number of nitrogens with one attached hydrogen (secondary N) is 1. The lowest BCUT2D eigenvalue weighted by Crippen LogP contribution is -2.63. The average Bonchev–Trinajstić information content (AvgIpc) is 3.04. The number of amides is 2. The van der Waals surface area contributed by atoms with Crippen LogP contribution >= 0.6 is 0 Å². The maximum absolute atomic E-state index is 12.7. The van der Waals surface area contributed by atoms with Crippen molar-refractivity contribution in [1.29, 1.82) is 0 Å². The molecular weight excluding hydrogens is 328 g/mol. The number of likely N-dealkylation sites (tertiary alicyclic amines) is 1. The molecule has 3 fully saturated rings. The van der Waals surface area contributed by atoms with Crippen LogP contribution in [0.5, 0.6) is 0 Å². The van der Waals surface area contributed by atoms with Crippen LogP contribution in [0.2, 0.25) is 0 Å². The highest BCUT2D eigenvalue weighted by molar-refractivity contribution is 5.81. The van der Waals surface area contributed by atoms with Gasteiger partial charge in [-0.1, -0.05) is 30.3 Å². The summed E-state index contributed by atoms with van der Waals surface area (Å²) in [5.74, 6) is 0.952. The van der Waals surface area contributed by atoms with Gasteiger partial charge >= 0.3 is 6.09 Å². The molecule has 1 N–H and O–H groups in total. The monoisotopic (exact) mass is 356 g/mol. The number of methoxy groups -OCH3 is 1. The third-order valence-corrected chi connectivity index (χ3v) is 6.67. The lowest BCUT2D eigenvalue weighted by Gasteiger charge is -2.53. The summed E-state index contributed by atoms with van der Waals surface area (Å²) in [5, 5.41) is 2.84. The molecule has 1 heterocycles. The molecule has 0 bridgehead atoms. The number of hydrogen-bond acceptors (Lipinski definition) is 3. The van der Waals surface area contributed by atoms with Crippen LogP contribution < -0.4 is 5.32 Å². The molecule has 5 heteroatoms. The van der Waals surface area contributed by atoms with E-state index in [1.165, 1.54) is 31.9 Å². The van der Waals surface area contributed by atoms with Crippen LogP contribution in [-0.2, 0) is 9.53 Å². The van der Waals surface area contributed by atoms with E-state index in [1.54, 1.807) is 0 Å². The Balaban J connectivity index is 1.27. The molecule has 2 amide bonds. The van der Waals surface area contributed by atoms with Crippen molar-refractivity contribution in [3.8, 4) is 0 Å². The first-order chi connectivity index (χ1) is 12.4. The van der Waals surface area contributed by atoms with Gasteiger partial charge in [0.05, 0.1) is 7.11 Å². The van der Waals surface area contributed by atoms with E-state index >= 15 is 0 Å². The topological polar surface area (TPSA) is 58.6 Å². The largest absolute Gasteiger partial charge is 0.453 e. The predicted molar refractivity (Wildman–Crippen MR) is 98.7 cm³/mol. The molecule has 0 aromatic heterocycles. The van der Waals surface area contributed by atoms with Crippen LogP contribution in [0.3, 0.4) is 0 Å². The lowest BCUT2D eigenvalue weighted by atomic mass is 9.67. The Morgan fingerprint density at radius 3 is 2.50 bits per heavy atom. The zero-order valence-corrected chi connectivity index (χ0v) is 15.7. The minimum Gasteiger partial charge on any atom is -0.453 e. The number of carbonyl (C=O) groups excluding carboxylic acids is 2. The summed E-state index contributed by atoms with van der Waals surface area (Å²) in [6, 6.07) is 10.8. The molecule has 2 saturated carbocycles. The predicted octanol–water partition coefficient (Wildman–Crippen LogP) is 3.31. The molecular formula is C21H28N2O3. The molecule has 4 rings (SSSR count). The molecule has 5 nitrogen and oxygen atoms in total. The Bertz CT molecular complexity index is 690. The molecule has 1 aromatic rings. The number of benzene rings is 1. The van der Waals surface area contributed by atoms with Crippen LogP contribution in [0.1, 0.15) is 50.5 Å². The first-order valence-corrected chi connectivity index (χ1v) is 9.62. The fourth-order valence-corrected chi connectivity index (χ4v) is 5.28. The standard InChI is InChI=1S/C21H28N2O3/c1-20(22-19(25)26-2)10-17(11-20)18(24)23-13-21(14-23)9-8-16(12-21)15-6-4-3-5-7-15/h3-7,16-17H,8-14H2,1-2H3,(H,22,25). The smallest absolute Gasteiger partial charge is 0.407 e. The zero-order chi connectivity index (χ0) is 18.4. The second-order valence-electron chi connectivity index (χ2n) is 8.83. The van der Waals surface area contributed by atoms with Crippen molar-refractivity contribution < 1.29 is 14.3 Å². The molecule has 1 aliphatic heterocycles. The second kappa shape index (κ2) is 6.29. The highest BCUT2D eigenvalue weighted by Crippen LogP contribution is 2.52. The van der Waals surface area contributed by atoms with Gasteiger partial charge in [0.2, 0.25) is 5.91 Å². The average molecular weight is 356 g/mol. The van der Waals surface area contributed by atoms with E-state index in [9.17, 15) is 9.59 Å². The molecule has 140 valence electrons. The molecule has 1 atom stereocenters. The van der Waals surface area contributed by atoms with Crippen molar-refractivity contribution in [3.63, 3.8) is 0 Å². The van der Waals surface area contributed by atoms with Gasteiger partial charge in [-0.3, -0.25) is 4.79 Å². The van der Waals surface area contributed by atoms with Crippen LogP contribution in [0.4, 0.5) is 4.79 Å². The summed E-state index contributed by atoms with van der Waals surface area (Å²) >= 11 is 0. The Morgan fingerprint density at radius 2 is 1.85 bits per heavy atom. The highest BCUT2D eigenvalue weighted by atomic mass is 16.5. The number of rotatable bonds is 3. The Labute approximate surface area is 155 Å². The molecule has 2 aliphatic carbocycles. The van der Waals surface area contributed by atoms with Gasteiger partial charge in [0.1, 0.15) is 0 Å². The lowest BCUT2D eigenvalue weighted by molar-refractivity contribution is -0.153. The Morgan fingerprint density at radius 1 is 1.15 bits per heavy atom. The van der Waals surface area contributed by atoms with Crippen LogP contribution in [-0.4, -0.2) is 42.6 Å². The van der Waals surface area contributed by atoms with E-state index in [0.29, 0.717) is 24.2 Å². The first kappa shape index (κ1) is 17.4. The SMILES string of the molecule is COC(=O)NC1(C)CC(C(=O)N2CC3(CCC(c4ccccc4)C3)C2)C1. The Hall–Kier alpha value is -2.04. The van der Waals surface area contributed by atoms with E-state index < -0.39 is 6.09 Å². The van der Waals surface area contributed by atoms with E-state index in [2.05, 4.69) is 40.4 Å². The highest BCUT2D eigenvalue weighted by Gasteiger charge is 2.53. The van der Waals surface area contributed by atoms with Gasteiger partial charge in [0.15, 0.2) is 0 Å². The number of hydrogen-bond donors (Lipinski definition) is 1. The van der Waals surface area contributed by atoms with Gasteiger partial charge in [-0.2, -0.15) is 0 Å². The van der Waals surface area contributed by atoms with E-state index in [0.717, 1.165) is 13.1 Å². The van der Waals surface area contributed by atoms with Crippen LogP contribution in [0.25, 0.3) is 0 Å². The molecule has 1 aromatic carbocycles. The minimum absolute atomic E-state index is 0.0424. The molecule has 1 unspecified atom stereocenters. The van der Waals surface area contributed by atoms with Crippen LogP contribution in [0.15, 0.2) is 30.3 Å². The molecule has 3 aliphatic rings. The van der Waals surface area contributed by atoms with Crippen LogP contribution in [0, 0.1) is 11.3 Å². The number of alkyl carbamates (subject to hydrolysis) is 1. The van der Waals surface area contributed by atoms with Crippen molar-refractivity contribution >= 4 is 12.0 Å². The third-order valence-electron chi connectivity index (χ3n) is 6.67. The van der Waals surface area contributed by atoms with Gasteiger partial charge in [-0.15, -0.1) is 0 Å². The fraction of sp³-hybridized carbons (Fsp3) is 0.619. The molecule has 1 spiro atoms. The molecule has 1 saturated heterocycles. The van der Waals surface area contributed by atoms with Gasteiger partial charge < -0.3 is 15.0 Å². The van der Waals surface area contributed by atoms with Gasteiger partial charge in [0, 0.05) is 30.0 Å². The van der Waals surface area contributed by atoms with E-state index in [1.807, 2.05) is 11.8 Å². The summed E-state index contributed by atoms with van der Waals surface area (Å²) < 4.78 is 4.66. The molecule has 0 radical (unpaired) electrons. The van der Waals surface area contributed by atoms with Crippen molar-refractivity contribution in [1.82, 2.24) is 10.2 Å². The van der Waals surface area contributed by atoms with E-state index in [-0.39, 0.29) is 17.4 Å². The summed E-state index contributed by atoms with van der Waals surface area (Å²) in [4.78, 5) is 26.1.